The van der Waals surface area contributed by atoms with Gasteiger partial charge in [-0.2, -0.15) is 9.98 Å². The van der Waals surface area contributed by atoms with Crippen LogP contribution in [0.4, 0.5) is 0 Å². The summed E-state index contributed by atoms with van der Waals surface area (Å²) < 4.78 is 29.0. The lowest BCUT2D eigenvalue weighted by Gasteiger charge is -2.36. The molecule has 0 bridgehead atoms. The average Bonchev–Trinajstić information content (AvgIpc) is 2.82. The number of hydrogen-bond acceptors (Lipinski definition) is 4. The van der Waals surface area contributed by atoms with E-state index in [-0.39, 0.29) is 16.9 Å². The molecule has 3 rings (SSSR count). The first kappa shape index (κ1) is 25.6. The lowest BCUT2D eigenvalue weighted by molar-refractivity contribution is 0.141. The Hall–Kier alpha value is -2.98. The fraction of sp³-hybridized carbons (Fsp3) is 0.321. The number of sulfonamides is 1. The van der Waals surface area contributed by atoms with E-state index in [1.807, 2.05) is 43.3 Å². The van der Waals surface area contributed by atoms with Gasteiger partial charge in [0.2, 0.25) is 10.0 Å². The third-order valence-corrected chi connectivity index (χ3v) is 7.23. The van der Waals surface area contributed by atoms with Crippen LogP contribution in [0, 0.1) is 24.2 Å². The van der Waals surface area contributed by atoms with Gasteiger partial charge in [-0.15, -0.1) is 0 Å². The van der Waals surface area contributed by atoms with Gasteiger partial charge in [0.05, 0.1) is 11.0 Å². The highest BCUT2D eigenvalue weighted by molar-refractivity contribution is 7.89. The largest absolute Gasteiger partial charge is 0.289 e. The predicted octanol–water partition coefficient (Wildman–Crippen LogP) is 5.28. The van der Waals surface area contributed by atoms with Gasteiger partial charge in [0.15, 0.2) is 0 Å². The van der Waals surface area contributed by atoms with Gasteiger partial charge in [-0.3, -0.25) is 4.90 Å². The standard InChI is InChI=1S/C28H33N3O2S/c1-22(2)18-28(27(19-29)30-34(32,33)26-16-14-23(3)15-17-26)31(20-24-10-6-4-7-11-24)21-25-12-8-5-9-13-25/h4-17,22,27-28,30H,18,20-21H2,1-3H3/t27-,28+/m1/s1. The average molecular weight is 476 g/mol. The van der Waals surface area contributed by atoms with Crippen LogP contribution in [0.15, 0.2) is 89.8 Å². The normalized spacial score (nSPS) is 13.5. The van der Waals surface area contributed by atoms with Crippen LogP contribution in [0.2, 0.25) is 0 Å². The SMILES string of the molecule is Cc1ccc(S(=O)(=O)N[C@H](C#N)[C@H](CC(C)C)N(Cc2ccccc2)Cc2ccccc2)cc1. The first-order valence-corrected chi connectivity index (χ1v) is 13.1. The fourth-order valence-electron chi connectivity index (χ4n) is 4.05. The predicted molar refractivity (Wildman–Crippen MR) is 136 cm³/mol. The van der Waals surface area contributed by atoms with E-state index < -0.39 is 16.1 Å². The molecule has 0 aromatic heterocycles. The number of nitrogens with one attached hydrogen (secondary N) is 1. The van der Waals surface area contributed by atoms with Crippen LogP contribution in [0.5, 0.6) is 0 Å². The summed E-state index contributed by atoms with van der Waals surface area (Å²) in [5.41, 5.74) is 3.21. The summed E-state index contributed by atoms with van der Waals surface area (Å²) >= 11 is 0. The Morgan fingerprint density at radius 3 is 1.79 bits per heavy atom. The topological polar surface area (TPSA) is 73.2 Å². The maximum atomic E-state index is 13.2. The Morgan fingerprint density at radius 2 is 1.35 bits per heavy atom. The van der Waals surface area contributed by atoms with Crippen LogP contribution in [0.1, 0.15) is 37.0 Å². The molecule has 1 N–H and O–H groups in total. The highest BCUT2D eigenvalue weighted by Gasteiger charge is 2.32. The first-order chi connectivity index (χ1) is 16.3. The van der Waals surface area contributed by atoms with Crippen LogP contribution in [-0.2, 0) is 23.1 Å². The molecule has 2 atom stereocenters. The van der Waals surface area contributed by atoms with Gasteiger partial charge < -0.3 is 0 Å². The van der Waals surface area contributed by atoms with Crippen LogP contribution in [0.3, 0.4) is 0 Å². The summed E-state index contributed by atoms with van der Waals surface area (Å²) in [7, 11) is -3.85. The molecule has 3 aromatic rings. The molecule has 0 spiro atoms. The molecule has 3 aromatic carbocycles. The highest BCUT2D eigenvalue weighted by Crippen LogP contribution is 2.22. The third-order valence-electron chi connectivity index (χ3n) is 5.78. The number of benzene rings is 3. The van der Waals surface area contributed by atoms with Gasteiger partial charge in [-0.1, -0.05) is 92.2 Å². The molecule has 0 fully saturated rings. The van der Waals surface area contributed by atoms with E-state index in [1.165, 1.54) is 0 Å². The zero-order valence-corrected chi connectivity index (χ0v) is 20.9. The number of aryl methyl sites for hydroxylation is 1. The maximum Gasteiger partial charge on any atom is 0.241 e. The molecule has 0 aliphatic carbocycles. The van der Waals surface area contributed by atoms with Gasteiger partial charge >= 0.3 is 0 Å². The number of hydrogen-bond donors (Lipinski definition) is 1. The van der Waals surface area contributed by atoms with Crippen molar-refractivity contribution in [1.82, 2.24) is 9.62 Å². The van der Waals surface area contributed by atoms with Crippen molar-refractivity contribution in [3.63, 3.8) is 0 Å². The minimum absolute atomic E-state index is 0.166. The van der Waals surface area contributed by atoms with Gasteiger partial charge in [0, 0.05) is 19.1 Å². The van der Waals surface area contributed by atoms with E-state index in [4.69, 9.17) is 0 Å². The van der Waals surface area contributed by atoms with E-state index >= 15 is 0 Å². The van der Waals surface area contributed by atoms with Crippen molar-refractivity contribution in [3.05, 3.63) is 102 Å². The Morgan fingerprint density at radius 1 is 0.853 bits per heavy atom. The Bertz CT molecular complexity index is 1130. The van der Waals surface area contributed by atoms with E-state index in [1.54, 1.807) is 24.3 Å². The van der Waals surface area contributed by atoms with Crippen molar-refractivity contribution in [2.45, 2.75) is 57.3 Å². The molecule has 0 unspecified atom stereocenters. The van der Waals surface area contributed by atoms with Gasteiger partial charge in [-0.05, 0) is 42.5 Å². The monoisotopic (exact) mass is 475 g/mol. The fourth-order valence-corrected chi connectivity index (χ4v) is 5.22. The molecule has 0 heterocycles. The number of rotatable bonds is 11. The van der Waals surface area contributed by atoms with E-state index in [0.717, 1.165) is 16.7 Å². The molecule has 178 valence electrons. The summed E-state index contributed by atoms with van der Waals surface area (Å²) in [5, 5.41) is 10.1. The second-order valence-electron chi connectivity index (χ2n) is 9.11. The van der Waals surface area contributed by atoms with Crippen molar-refractivity contribution in [2.24, 2.45) is 5.92 Å². The zero-order valence-electron chi connectivity index (χ0n) is 20.1. The van der Waals surface area contributed by atoms with Crippen LogP contribution < -0.4 is 4.72 Å². The summed E-state index contributed by atoms with van der Waals surface area (Å²) in [6.45, 7) is 7.32. The van der Waals surface area contributed by atoms with Gasteiger partial charge in [0.1, 0.15) is 6.04 Å². The maximum absolute atomic E-state index is 13.2. The first-order valence-electron chi connectivity index (χ1n) is 11.6. The molecule has 0 saturated carbocycles. The lowest BCUT2D eigenvalue weighted by atomic mass is 9.95. The van der Waals surface area contributed by atoms with Crippen molar-refractivity contribution < 1.29 is 8.42 Å². The molecule has 6 heteroatoms. The smallest absolute Gasteiger partial charge is 0.241 e. The minimum Gasteiger partial charge on any atom is -0.289 e. The Kier molecular flexibility index (Phi) is 9.00. The minimum atomic E-state index is -3.85. The van der Waals surface area contributed by atoms with Crippen molar-refractivity contribution in [3.8, 4) is 6.07 Å². The molecule has 5 nitrogen and oxygen atoms in total. The van der Waals surface area contributed by atoms with E-state index in [9.17, 15) is 13.7 Å². The molecule has 0 aliphatic rings. The molecule has 0 radical (unpaired) electrons. The molecular weight excluding hydrogens is 442 g/mol. The van der Waals surface area contributed by atoms with Gasteiger partial charge in [0.25, 0.3) is 0 Å². The summed E-state index contributed by atoms with van der Waals surface area (Å²) in [6.07, 6.45) is 0.675. The molecule has 0 saturated heterocycles. The third kappa shape index (κ3) is 7.26. The molecule has 0 amide bonds. The summed E-state index contributed by atoms with van der Waals surface area (Å²) in [4.78, 5) is 2.38. The molecule has 0 aliphatic heterocycles. The van der Waals surface area contributed by atoms with E-state index in [0.29, 0.717) is 19.5 Å². The van der Waals surface area contributed by atoms with Crippen LogP contribution in [-0.4, -0.2) is 25.4 Å². The second kappa shape index (κ2) is 11.9. The van der Waals surface area contributed by atoms with E-state index in [2.05, 4.69) is 53.8 Å². The Labute approximate surface area is 204 Å². The van der Waals surface area contributed by atoms with Crippen molar-refractivity contribution in [1.29, 1.82) is 5.26 Å². The lowest BCUT2D eigenvalue weighted by Crippen LogP contribution is -2.51. The van der Waals surface area contributed by atoms with Crippen LogP contribution in [0.25, 0.3) is 0 Å². The number of nitrogens with zero attached hydrogens (tertiary/aromatic N) is 2. The molecular formula is C28H33N3O2S. The number of nitriles is 1. The van der Waals surface area contributed by atoms with Gasteiger partial charge in [-0.25, -0.2) is 8.42 Å². The summed E-state index contributed by atoms with van der Waals surface area (Å²) in [6, 6.07) is 27.9. The molecule has 34 heavy (non-hydrogen) atoms. The van der Waals surface area contributed by atoms with Crippen LogP contribution >= 0.6 is 0 Å². The second-order valence-corrected chi connectivity index (χ2v) is 10.8. The highest BCUT2D eigenvalue weighted by atomic mass is 32.2. The zero-order chi connectivity index (χ0) is 24.6. The Balaban J connectivity index is 1.95. The van der Waals surface area contributed by atoms with Crippen molar-refractivity contribution in [2.75, 3.05) is 0 Å². The summed E-state index contributed by atoms with van der Waals surface area (Å²) in [5.74, 6) is 0.277. The van der Waals surface area contributed by atoms with Crippen molar-refractivity contribution >= 4 is 10.0 Å². The quantitative estimate of drug-likeness (QED) is 0.409.